The first-order valence-corrected chi connectivity index (χ1v) is 22.3. The summed E-state index contributed by atoms with van der Waals surface area (Å²) in [6.07, 6.45) is 6.15. The summed E-state index contributed by atoms with van der Waals surface area (Å²) >= 11 is 0. The number of carbonyl (C=O) groups excluding carboxylic acids is 6. The van der Waals surface area contributed by atoms with E-state index in [1.165, 1.54) is 43.4 Å². The van der Waals surface area contributed by atoms with E-state index in [0.717, 1.165) is 17.1 Å². The molecule has 23 nitrogen and oxygen atoms in total. The number of nitrogens with one attached hydrogen (secondary N) is 2. The lowest BCUT2D eigenvalue weighted by Gasteiger charge is -2.19. The lowest BCUT2D eigenvalue weighted by atomic mass is 10.2. The average molecular weight is 961 g/mol. The van der Waals surface area contributed by atoms with Crippen LogP contribution < -0.4 is 20.1 Å². The number of aryl methyl sites for hydroxylation is 4. The van der Waals surface area contributed by atoms with Crippen molar-refractivity contribution in [2.45, 2.75) is 66.7 Å². The summed E-state index contributed by atoms with van der Waals surface area (Å²) in [7, 11) is 4.24. The van der Waals surface area contributed by atoms with Crippen LogP contribution >= 0.6 is 0 Å². The number of esters is 1. The molecule has 6 aromatic rings. The third kappa shape index (κ3) is 10.4. The molecule has 0 saturated heterocycles. The zero-order valence-corrected chi connectivity index (χ0v) is 39.6. The van der Waals surface area contributed by atoms with Crippen molar-refractivity contribution >= 4 is 75.4 Å². The quantitative estimate of drug-likeness (QED) is 0.0394. The van der Waals surface area contributed by atoms with Crippen molar-refractivity contribution in [3.63, 3.8) is 0 Å². The van der Waals surface area contributed by atoms with Gasteiger partial charge < -0.3 is 33.4 Å². The maximum atomic E-state index is 13.9. The molecule has 0 bridgehead atoms. The van der Waals surface area contributed by atoms with E-state index >= 15 is 0 Å². The minimum Gasteiger partial charge on any atom is -0.494 e. The molecule has 5 heterocycles. The molecule has 5 amide bonds. The molecule has 0 radical (unpaired) electrons. The zero-order chi connectivity index (χ0) is 50.4. The van der Waals surface area contributed by atoms with Gasteiger partial charge in [0.15, 0.2) is 0 Å². The van der Waals surface area contributed by atoms with Crippen LogP contribution in [0.5, 0.6) is 11.5 Å². The smallest absolute Gasteiger partial charge is 0.338 e. The van der Waals surface area contributed by atoms with Crippen molar-refractivity contribution in [2.24, 2.45) is 0 Å². The zero-order valence-electron chi connectivity index (χ0n) is 39.6. The van der Waals surface area contributed by atoms with Gasteiger partial charge in [-0.15, -0.1) is 0 Å². The lowest BCUT2D eigenvalue weighted by Crippen LogP contribution is -2.36. The Balaban J connectivity index is 1.21. The molecule has 4 aromatic heterocycles. The van der Waals surface area contributed by atoms with Gasteiger partial charge in [-0.05, 0) is 70.5 Å². The van der Waals surface area contributed by atoms with Crippen LogP contribution in [-0.4, -0.2) is 136 Å². The minimum absolute atomic E-state index is 0.0509. The number of aromatic carboxylic acids is 1. The number of rotatable bonds is 21. The molecule has 70 heavy (non-hydrogen) atoms. The number of ether oxygens (including phenoxy) is 3. The molecule has 0 aliphatic carbocycles. The second-order valence-corrected chi connectivity index (χ2v) is 16.1. The van der Waals surface area contributed by atoms with Gasteiger partial charge in [0.1, 0.15) is 33.9 Å². The van der Waals surface area contributed by atoms with Gasteiger partial charge in [-0.2, -0.15) is 10.2 Å². The van der Waals surface area contributed by atoms with Gasteiger partial charge in [0.05, 0.1) is 54.4 Å². The number of allylic oxidation sites excluding steroid dienone is 2. The Morgan fingerprint density at radius 2 is 1.26 bits per heavy atom. The largest absolute Gasteiger partial charge is 0.494 e. The molecule has 0 spiro atoms. The first-order valence-electron chi connectivity index (χ1n) is 22.3. The number of hydrogen-bond donors (Lipinski definition) is 3. The Hall–Kier alpha value is -8.63. The fourth-order valence-corrected chi connectivity index (χ4v) is 7.92. The summed E-state index contributed by atoms with van der Waals surface area (Å²) in [5.74, 6) is -3.47. The predicted molar refractivity (Wildman–Crippen MR) is 253 cm³/mol. The van der Waals surface area contributed by atoms with Crippen molar-refractivity contribution in [3.05, 3.63) is 94.6 Å². The van der Waals surface area contributed by atoms with Crippen LogP contribution in [0.4, 0.5) is 11.9 Å². The summed E-state index contributed by atoms with van der Waals surface area (Å²) < 4.78 is 23.5. The van der Waals surface area contributed by atoms with Crippen molar-refractivity contribution in [3.8, 4) is 11.5 Å². The Labute approximate surface area is 400 Å². The van der Waals surface area contributed by atoms with E-state index < -0.39 is 35.6 Å². The van der Waals surface area contributed by atoms with Gasteiger partial charge in [-0.3, -0.25) is 48.9 Å². The molecule has 0 unspecified atom stereocenters. The van der Waals surface area contributed by atoms with E-state index in [1.807, 2.05) is 13.8 Å². The number of carboxylic acids is 1. The predicted octanol–water partition coefficient (Wildman–Crippen LogP) is 4.23. The molecule has 0 saturated carbocycles. The molecular weight excluding hydrogens is 909 g/mol. The number of hydrogen-bond acceptors (Lipinski definition) is 14. The topological polar surface area (TPSA) is 269 Å². The van der Waals surface area contributed by atoms with Crippen LogP contribution in [-0.2, 0) is 45.3 Å². The van der Waals surface area contributed by atoms with Crippen LogP contribution in [0.25, 0.3) is 22.1 Å². The van der Waals surface area contributed by atoms with Crippen LogP contribution in [0.15, 0.2) is 60.7 Å². The number of benzene rings is 2. The molecule has 1 aliphatic rings. The fourth-order valence-electron chi connectivity index (χ4n) is 7.92. The molecule has 1 aliphatic heterocycles. The Morgan fingerprint density at radius 3 is 1.76 bits per heavy atom. The number of carbonyl (C=O) groups is 7. The van der Waals surface area contributed by atoms with Gasteiger partial charge in [-0.25, -0.2) is 19.6 Å². The van der Waals surface area contributed by atoms with Crippen molar-refractivity contribution in [2.75, 3.05) is 51.6 Å². The number of carboxylic acid groups (broad SMARTS) is 1. The van der Waals surface area contributed by atoms with Crippen LogP contribution in [0, 0.1) is 13.8 Å². The molecular formula is C47H52N12O11. The third-order valence-electron chi connectivity index (χ3n) is 11.3. The summed E-state index contributed by atoms with van der Waals surface area (Å²) in [5.41, 5.74) is 3.24. The monoisotopic (exact) mass is 960 g/mol. The number of nitrogens with zero attached hydrogens (tertiary/aromatic N) is 10. The highest BCUT2D eigenvalue weighted by Gasteiger charge is 2.26. The molecule has 366 valence electrons. The molecule has 2 aromatic carbocycles. The molecule has 0 fully saturated rings. The van der Waals surface area contributed by atoms with E-state index in [4.69, 9.17) is 19.2 Å². The maximum absolute atomic E-state index is 13.9. The van der Waals surface area contributed by atoms with Crippen LogP contribution in [0.2, 0.25) is 0 Å². The number of fused-ring (bicyclic) bond motifs is 2. The van der Waals surface area contributed by atoms with Crippen molar-refractivity contribution in [1.82, 2.24) is 48.5 Å². The van der Waals surface area contributed by atoms with E-state index in [0.29, 0.717) is 47.6 Å². The summed E-state index contributed by atoms with van der Waals surface area (Å²) in [6.45, 7) is 8.51. The summed E-state index contributed by atoms with van der Waals surface area (Å²) in [4.78, 5) is 101. The summed E-state index contributed by atoms with van der Waals surface area (Å²) in [6, 6.07) is 9.06. The molecule has 0 atom stereocenters. The minimum atomic E-state index is -1.20. The van der Waals surface area contributed by atoms with E-state index in [-0.39, 0.29) is 96.4 Å². The second-order valence-electron chi connectivity index (χ2n) is 16.1. The van der Waals surface area contributed by atoms with Gasteiger partial charge in [-0.1, -0.05) is 12.2 Å². The van der Waals surface area contributed by atoms with Crippen molar-refractivity contribution in [1.29, 1.82) is 0 Å². The molecule has 7 rings (SSSR count). The third-order valence-corrected chi connectivity index (χ3v) is 11.3. The molecule has 23 heteroatoms. The van der Waals surface area contributed by atoms with E-state index in [1.54, 1.807) is 63.7 Å². The first kappa shape index (κ1) is 49.3. The van der Waals surface area contributed by atoms with E-state index in [2.05, 4.69) is 25.8 Å². The fraction of sp³-hybridized carbons (Fsp3) is 0.340. The number of amides is 5. The van der Waals surface area contributed by atoms with Crippen molar-refractivity contribution < 1.29 is 52.9 Å². The van der Waals surface area contributed by atoms with Gasteiger partial charge >= 0.3 is 11.9 Å². The van der Waals surface area contributed by atoms with Crippen LogP contribution in [0.3, 0.4) is 0 Å². The summed E-state index contributed by atoms with van der Waals surface area (Å²) in [5, 5.41) is 24.4. The normalized spacial score (nSPS) is 12.4. The standard InChI is InChI=1S/C47H52N12O11/c1-8-58-33(21-27(3)52-58)42(63)50-46-48-31-23-29(44(65)66)25-35(68-6)40(31)56(46)17-10-11-18-57-41-32(49-47(57)51-43(64)34-22-28(4)53-59(34)9-2)24-30(45(67)69-7)26-36(41)70-20-12-16-54(5)37(60)15-19-55-38(61)13-14-39(55)62/h10-11,13-14,21-26H,8-9,12,15-20H2,1-7H3,(H,65,66)(H,48,50,63)(H,49,51,64)/b11-10+. The Morgan fingerprint density at radius 1 is 0.743 bits per heavy atom. The Kier molecular flexibility index (Phi) is 14.9. The lowest BCUT2D eigenvalue weighted by molar-refractivity contribution is -0.138. The highest BCUT2D eigenvalue weighted by molar-refractivity contribution is 6.13. The SMILES string of the molecule is CCn1nc(C)cc1C(=O)Nc1nc2cc(C(=O)O)cc(OC)c2n1C/C=C/Cn1c(NC(=O)c2cc(C)nn2CC)nc2cc(C(=O)OC)cc(OCCCN(C)C(=O)CCN3C(=O)C=CC3=O)c21. The average Bonchev–Trinajstić information content (AvgIpc) is 4.16. The number of imidazole rings is 2. The van der Waals surface area contributed by atoms with Crippen LogP contribution in [0.1, 0.15) is 79.8 Å². The first-order chi connectivity index (χ1) is 33.5. The maximum Gasteiger partial charge on any atom is 0.338 e. The number of methoxy groups -OCH3 is 2. The van der Waals surface area contributed by atoms with E-state index in [9.17, 15) is 38.7 Å². The second kappa shape index (κ2) is 21.1. The number of imide groups is 1. The van der Waals surface area contributed by atoms with Gasteiger partial charge in [0.2, 0.25) is 17.8 Å². The number of anilines is 2. The Bertz CT molecular complexity index is 3100. The van der Waals surface area contributed by atoms with Gasteiger partial charge in [0.25, 0.3) is 23.6 Å². The number of aromatic nitrogens is 8. The van der Waals surface area contributed by atoms with Gasteiger partial charge in [0, 0.05) is 64.9 Å². The highest BCUT2D eigenvalue weighted by atomic mass is 16.5. The molecule has 3 N–H and O–H groups in total. The highest BCUT2D eigenvalue weighted by Crippen LogP contribution is 2.33.